The fraction of sp³-hybridized carbons (Fsp3) is 0.0556. The Balaban J connectivity index is 1.92. The van der Waals surface area contributed by atoms with E-state index in [2.05, 4.69) is 31.2 Å². The lowest BCUT2D eigenvalue weighted by Crippen LogP contribution is -2.14. The zero-order valence-corrected chi connectivity index (χ0v) is 15.5. The average Bonchev–Trinajstić information content (AvgIpc) is 3.29. The first-order valence-corrected chi connectivity index (χ1v) is 8.63. The summed E-state index contributed by atoms with van der Waals surface area (Å²) in [4.78, 5) is 20.8. The number of imidazole rings is 2. The summed E-state index contributed by atoms with van der Waals surface area (Å²) < 4.78 is 32.8. The third-order valence-corrected chi connectivity index (χ3v) is 4.61. The summed E-state index contributed by atoms with van der Waals surface area (Å²) >= 11 is 3.18. The summed E-state index contributed by atoms with van der Waals surface area (Å²) in [6, 6.07) is 5.83. The Labute approximate surface area is 160 Å². The summed E-state index contributed by atoms with van der Waals surface area (Å²) in [5, 5.41) is 2.71. The number of fused-ring (bicyclic) bond motifs is 1. The van der Waals surface area contributed by atoms with Crippen LogP contribution in [-0.4, -0.2) is 25.0 Å². The first-order chi connectivity index (χ1) is 13.0. The number of hydrogen-bond acceptors (Lipinski definition) is 4. The van der Waals surface area contributed by atoms with Crippen molar-refractivity contribution in [2.75, 3.05) is 5.32 Å². The molecule has 4 aromatic rings. The zero-order valence-electron chi connectivity index (χ0n) is 13.9. The molecule has 136 valence electrons. The van der Waals surface area contributed by atoms with E-state index in [1.54, 1.807) is 17.7 Å². The highest BCUT2D eigenvalue weighted by Crippen LogP contribution is 2.32. The minimum absolute atomic E-state index is 0.0314. The van der Waals surface area contributed by atoms with Crippen LogP contribution in [0.5, 0.6) is 0 Å². The van der Waals surface area contributed by atoms with Crippen LogP contribution in [0.25, 0.3) is 11.0 Å². The quantitative estimate of drug-likeness (QED) is 0.526. The van der Waals surface area contributed by atoms with E-state index in [4.69, 9.17) is 0 Å². The lowest BCUT2D eigenvalue weighted by atomic mass is 10.1. The largest absolute Gasteiger partial charge is 0.350 e. The molecule has 0 radical (unpaired) electrons. The van der Waals surface area contributed by atoms with Crippen molar-refractivity contribution in [3.8, 4) is 0 Å². The third-order valence-electron chi connectivity index (χ3n) is 4.12. The molecule has 0 amide bonds. The second-order valence-electron chi connectivity index (χ2n) is 5.86. The Kier molecular flexibility index (Phi) is 4.23. The van der Waals surface area contributed by atoms with Gasteiger partial charge in [-0.25, -0.2) is 18.7 Å². The summed E-state index contributed by atoms with van der Waals surface area (Å²) in [7, 11) is 1.70. The molecule has 0 saturated heterocycles. The summed E-state index contributed by atoms with van der Waals surface area (Å²) in [6.07, 6.45) is 5.66. The predicted octanol–water partition coefficient (Wildman–Crippen LogP) is 4.24. The molecule has 0 saturated carbocycles. The molecule has 0 spiro atoms. The number of anilines is 2. The van der Waals surface area contributed by atoms with E-state index in [0.29, 0.717) is 9.99 Å². The third kappa shape index (κ3) is 2.99. The van der Waals surface area contributed by atoms with Crippen molar-refractivity contribution in [1.29, 1.82) is 0 Å². The minimum Gasteiger partial charge on any atom is -0.350 e. The second kappa shape index (κ2) is 6.58. The number of aromatic nitrogens is 4. The van der Waals surface area contributed by atoms with E-state index in [0.717, 1.165) is 0 Å². The summed E-state index contributed by atoms with van der Waals surface area (Å²) in [6.45, 7) is 0. The first kappa shape index (κ1) is 17.3. The fourth-order valence-corrected chi connectivity index (χ4v) is 3.09. The van der Waals surface area contributed by atoms with Crippen LogP contribution in [0, 0.1) is 11.6 Å². The number of carbonyl (C=O) groups excluding carboxylic acids is 1. The van der Waals surface area contributed by atoms with Gasteiger partial charge in [0.05, 0.1) is 28.8 Å². The SMILES string of the molecule is Cn1cnc2c(F)c(Nc3ccc(Br)cc3F)c(C(=O)n3ccnc3)cc21. The molecule has 0 aliphatic heterocycles. The standard InChI is InChI=1S/C18H12BrF2N5O/c1-25-9-23-17-14(25)7-11(18(27)26-5-4-22-8-26)16(15(17)21)24-13-3-2-10(19)6-12(13)20/h2-9,24H,1H3. The van der Waals surface area contributed by atoms with E-state index in [1.165, 1.54) is 47.8 Å². The molecule has 2 aromatic heterocycles. The molecule has 4 rings (SSSR count). The van der Waals surface area contributed by atoms with Gasteiger partial charge in [0, 0.05) is 23.9 Å². The number of benzene rings is 2. The lowest BCUT2D eigenvalue weighted by molar-refractivity contribution is 0.0960. The predicted molar refractivity (Wildman–Crippen MR) is 100 cm³/mol. The molecular weight excluding hydrogens is 420 g/mol. The Morgan fingerprint density at radius 1 is 1.22 bits per heavy atom. The Bertz CT molecular complexity index is 1170. The van der Waals surface area contributed by atoms with Crippen LogP contribution in [-0.2, 0) is 7.05 Å². The smallest absolute Gasteiger partial charge is 0.265 e. The topological polar surface area (TPSA) is 64.7 Å². The lowest BCUT2D eigenvalue weighted by Gasteiger charge is -2.14. The van der Waals surface area contributed by atoms with Crippen molar-refractivity contribution >= 4 is 44.2 Å². The van der Waals surface area contributed by atoms with Crippen LogP contribution >= 0.6 is 15.9 Å². The second-order valence-corrected chi connectivity index (χ2v) is 6.78. The maximum absolute atomic E-state index is 15.2. The van der Waals surface area contributed by atoms with Crippen molar-refractivity contribution in [2.24, 2.45) is 7.05 Å². The highest BCUT2D eigenvalue weighted by atomic mass is 79.9. The van der Waals surface area contributed by atoms with Crippen LogP contribution in [0.3, 0.4) is 0 Å². The van der Waals surface area contributed by atoms with E-state index in [-0.39, 0.29) is 22.5 Å². The molecule has 2 aromatic carbocycles. The summed E-state index contributed by atoms with van der Waals surface area (Å²) in [5.74, 6) is -1.83. The summed E-state index contributed by atoms with van der Waals surface area (Å²) in [5.41, 5.74) is 0.439. The highest BCUT2D eigenvalue weighted by molar-refractivity contribution is 9.10. The molecule has 1 N–H and O–H groups in total. The number of nitrogens with zero attached hydrogens (tertiary/aromatic N) is 4. The van der Waals surface area contributed by atoms with Gasteiger partial charge in [-0.3, -0.25) is 9.36 Å². The van der Waals surface area contributed by atoms with Crippen molar-refractivity contribution in [3.05, 3.63) is 71.0 Å². The number of aryl methyl sites for hydroxylation is 1. The molecule has 9 heteroatoms. The van der Waals surface area contributed by atoms with Crippen molar-refractivity contribution in [1.82, 2.24) is 19.1 Å². The van der Waals surface area contributed by atoms with Gasteiger partial charge in [-0.05, 0) is 24.3 Å². The Hall–Kier alpha value is -3.07. The van der Waals surface area contributed by atoms with Gasteiger partial charge in [-0.2, -0.15) is 0 Å². The minimum atomic E-state index is -0.737. The molecule has 0 fully saturated rings. The monoisotopic (exact) mass is 431 g/mol. The van der Waals surface area contributed by atoms with Gasteiger partial charge < -0.3 is 9.88 Å². The molecule has 0 bridgehead atoms. The molecule has 6 nitrogen and oxygen atoms in total. The van der Waals surface area contributed by atoms with Crippen LogP contribution in [0.2, 0.25) is 0 Å². The van der Waals surface area contributed by atoms with Crippen molar-refractivity contribution < 1.29 is 13.6 Å². The van der Waals surface area contributed by atoms with Crippen LogP contribution in [0.1, 0.15) is 10.4 Å². The van der Waals surface area contributed by atoms with Gasteiger partial charge in [0.15, 0.2) is 5.82 Å². The highest BCUT2D eigenvalue weighted by Gasteiger charge is 2.23. The van der Waals surface area contributed by atoms with Crippen molar-refractivity contribution in [3.63, 3.8) is 0 Å². The normalized spacial score (nSPS) is 11.1. The van der Waals surface area contributed by atoms with Gasteiger partial charge in [-0.1, -0.05) is 15.9 Å². The van der Waals surface area contributed by atoms with Crippen LogP contribution < -0.4 is 5.32 Å². The van der Waals surface area contributed by atoms with Gasteiger partial charge in [0.1, 0.15) is 17.7 Å². The molecule has 27 heavy (non-hydrogen) atoms. The van der Waals surface area contributed by atoms with Gasteiger partial charge in [0.2, 0.25) is 0 Å². The van der Waals surface area contributed by atoms with Gasteiger partial charge in [0.25, 0.3) is 5.91 Å². The van der Waals surface area contributed by atoms with E-state index in [1.807, 2.05) is 0 Å². The van der Waals surface area contributed by atoms with Gasteiger partial charge >= 0.3 is 0 Å². The number of hydrogen-bond donors (Lipinski definition) is 1. The Morgan fingerprint density at radius 2 is 2.04 bits per heavy atom. The zero-order chi connectivity index (χ0) is 19.1. The first-order valence-electron chi connectivity index (χ1n) is 7.84. The van der Waals surface area contributed by atoms with E-state index < -0.39 is 17.5 Å². The molecular formula is C18H12BrF2N5O. The molecule has 0 aliphatic rings. The van der Waals surface area contributed by atoms with Crippen LogP contribution in [0.4, 0.5) is 20.2 Å². The maximum atomic E-state index is 15.2. The average molecular weight is 432 g/mol. The van der Waals surface area contributed by atoms with Crippen LogP contribution in [0.15, 0.2) is 53.8 Å². The molecule has 0 atom stereocenters. The molecule has 2 heterocycles. The van der Waals surface area contributed by atoms with Gasteiger partial charge in [-0.15, -0.1) is 0 Å². The molecule has 0 unspecified atom stereocenters. The van der Waals surface area contributed by atoms with E-state index >= 15 is 4.39 Å². The number of rotatable bonds is 3. The van der Waals surface area contributed by atoms with Crippen molar-refractivity contribution in [2.45, 2.75) is 0 Å². The number of halogens is 3. The number of carbonyl (C=O) groups is 1. The number of nitrogens with one attached hydrogen (secondary N) is 1. The van der Waals surface area contributed by atoms with E-state index in [9.17, 15) is 9.18 Å². The molecule has 0 aliphatic carbocycles. The maximum Gasteiger partial charge on any atom is 0.265 e. The fourth-order valence-electron chi connectivity index (χ4n) is 2.76. The Morgan fingerprint density at radius 3 is 2.74 bits per heavy atom.